The van der Waals surface area contributed by atoms with E-state index in [9.17, 15) is 0 Å². The maximum atomic E-state index is 5.72. The second-order valence-electron chi connectivity index (χ2n) is 7.14. The van der Waals surface area contributed by atoms with Crippen molar-refractivity contribution in [3.63, 3.8) is 0 Å². The summed E-state index contributed by atoms with van der Waals surface area (Å²) in [5.41, 5.74) is 2.96. The van der Waals surface area contributed by atoms with Crippen LogP contribution in [-0.4, -0.2) is 38.0 Å². The van der Waals surface area contributed by atoms with Crippen LogP contribution in [0.1, 0.15) is 30.4 Å². The van der Waals surface area contributed by atoms with Gasteiger partial charge in [-0.05, 0) is 55.6 Å². The van der Waals surface area contributed by atoms with Gasteiger partial charge in [-0.25, -0.2) is 0 Å². The summed E-state index contributed by atoms with van der Waals surface area (Å²) in [5, 5.41) is 0. The monoisotopic (exact) mass is 313 g/mol. The van der Waals surface area contributed by atoms with Crippen molar-refractivity contribution >= 4 is 0 Å². The summed E-state index contributed by atoms with van der Waals surface area (Å²) in [5.74, 6) is 2.40. The molecule has 1 unspecified atom stereocenters. The molecule has 23 heavy (non-hydrogen) atoms. The molecule has 1 aliphatic carbocycles. The molecule has 1 fully saturated rings. The summed E-state index contributed by atoms with van der Waals surface area (Å²) in [4.78, 5) is 2.71. The summed E-state index contributed by atoms with van der Waals surface area (Å²) in [6, 6.07) is 4.49. The lowest BCUT2D eigenvalue weighted by molar-refractivity contribution is 0.0286. The van der Waals surface area contributed by atoms with E-state index in [-0.39, 0.29) is 11.6 Å². The average molecular weight is 313 g/mol. The molecule has 0 bridgehead atoms. The molecule has 1 aromatic rings. The molecule has 3 atom stereocenters. The molecule has 0 saturated carbocycles. The fourth-order valence-corrected chi connectivity index (χ4v) is 5.14. The summed E-state index contributed by atoms with van der Waals surface area (Å²) >= 11 is 0. The van der Waals surface area contributed by atoms with Crippen molar-refractivity contribution < 1.29 is 14.2 Å². The van der Waals surface area contributed by atoms with Crippen LogP contribution in [-0.2, 0) is 16.7 Å². The van der Waals surface area contributed by atoms with Gasteiger partial charge < -0.3 is 14.2 Å². The molecule has 4 aliphatic rings. The lowest BCUT2D eigenvalue weighted by Gasteiger charge is -2.45. The number of nitrogens with zero attached hydrogens (tertiary/aromatic N) is 1. The third-order valence-electron chi connectivity index (χ3n) is 6.20. The number of aryl methyl sites for hydroxylation is 1. The van der Waals surface area contributed by atoms with Crippen molar-refractivity contribution in [3.8, 4) is 11.5 Å². The van der Waals surface area contributed by atoms with E-state index in [1.54, 1.807) is 0 Å². The zero-order chi connectivity index (χ0) is 15.4. The Morgan fingerprint density at radius 3 is 2.91 bits per heavy atom. The van der Waals surface area contributed by atoms with Crippen LogP contribution in [0.4, 0.5) is 0 Å². The van der Waals surface area contributed by atoms with Gasteiger partial charge in [-0.2, -0.15) is 0 Å². The number of methoxy groups -OCH3 is 1. The first-order valence-electron chi connectivity index (χ1n) is 8.70. The topological polar surface area (TPSA) is 30.9 Å². The Hall–Kier alpha value is -1.52. The molecule has 5 rings (SSSR count). The molecule has 122 valence electrons. The van der Waals surface area contributed by atoms with E-state index in [4.69, 9.17) is 14.2 Å². The first-order chi connectivity index (χ1) is 11.3. The molecule has 3 aliphatic heterocycles. The molecular weight excluding hydrogens is 290 g/mol. The van der Waals surface area contributed by atoms with Crippen molar-refractivity contribution in [2.24, 2.45) is 5.92 Å². The predicted octanol–water partition coefficient (Wildman–Crippen LogP) is 2.85. The highest BCUT2D eigenvalue weighted by Crippen LogP contribution is 2.54. The smallest absolute Gasteiger partial charge is 0.231 e. The highest BCUT2D eigenvalue weighted by Gasteiger charge is 2.53. The maximum absolute atomic E-state index is 5.72. The lowest BCUT2D eigenvalue weighted by atomic mass is 9.70. The Morgan fingerprint density at radius 1 is 1.17 bits per heavy atom. The van der Waals surface area contributed by atoms with Crippen LogP contribution in [0.5, 0.6) is 11.5 Å². The Bertz CT molecular complexity index is 671. The van der Waals surface area contributed by atoms with E-state index < -0.39 is 0 Å². The van der Waals surface area contributed by atoms with Gasteiger partial charge in [0.25, 0.3) is 0 Å². The SMILES string of the molecule is COC1C=C[C@@H]2CCN3CCCc4cc5c(cc4[C@]23C1)OCO5. The standard InChI is InChI=1S/C19H23NO3/c1-21-15-5-4-14-6-8-20-7-2-3-13-9-17-18(23-12-22-17)10-16(13)19(14,20)11-15/h4-5,9-10,14-15H,2-3,6-8,11-12H2,1H3/t14-,15?,19+/m1/s1. The molecule has 1 aromatic carbocycles. The van der Waals surface area contributed by atoms with E-state index >= 15 is 0 Å². The third kappa shape index (κ3) is 1.85. The molecule has 0 amide bonds. The van der Waals surface area contributed by atoms with Gasteiger partial charge in [-0.1, -0.05) is 12.2 Å². The van der Waals surface area contributed by atoms with Gasteiger partial charge in [-0.15, -0.1) is 0 Å². The number of hydrogen-bond acceptors (Lipinski definition) is 4. The lowest BCUT2D eigenvalue weighted by Crippen LogP contribution is -2.48. The van der Waals surface area contributed by atoms with E-state index in [1.165, 1.54) is 37.1 Å². The van der Waals surface area contributed by atoms with Crippen LogP contribution >= 0.6 is 0 Å². The Balaban J connectivity index is 1.71. The van der Waals surface area contributed by atoms with Crippen LogP contribution in [0.2, 0.25) is 0 Å². The Morgan fingerprint density at radius 2 is 2.04 bits per heavy atom. The summed E-state index contributed by atoms with van der Waals surface area (Å²) in [6.45, 7) is 2.69. The molecule has 0 aromatic heterocycles. The zero-order valence-electron chi connectivity index (χ0n) is 13.6. The van der Waals surface area contributed by atoms with Crippen molar-refractivity contribution in [1.82, 2.24) is 4.90 Å². The molecule has 1 spiro atoms. The van der Waals surface area contributed by atoms with Crippen molar-refractivity contribution in [3.05, 3.63) is 35.4 Å². The van der Waals surface area contributed by atoms with Gasteiger partial charge in [0, 0.05) is 19.4 Å². The fraction of sp³-hybridized carbons (Fsp3) is 0.579. The van der Waals surface area contributed by atoms with Crippen molar-refractivity contribution in [1.29, 1.82) is 0 Å². The van der Waals surface area contributed by atoms with E-state index in [0.717, 1.165) is 24.3 Å². The van der Waals surface area contributed by atoms with Gasteiger partial charge in [0.15, 0.2) is 11.5 Å². The number of fused-ring (bicyclic) bond motifs is 2. The minimum Gasteiger partial charge on any atom is -0.454 e. The number of ether oxygens (including phenoxy) is 3. The molecule has 3 heterocycles. The first-order valence-corrected chi connectivity index (χ1v) is 8.70. The number of benzene rings is 1. The van der Waals surface area contributed by atoms with E-state index in [1.807, 2.05) is 7.11 Å². The Kier molecular flexibility index (Phi) is 3.01. The van der Waals surface area contributed by atoms with E-state index in [2.05, 4.69) is 29.2 Å². The van der Waals surface area contributed by atoms with Gasteiger partial charge >= 0.3 is 0 Å². The number of hydrogen-bond donors (Lipinski definition) is 0. The Labute approximate surface area is 137 Å². The molecule has 4 heteroatoms. The minimum absolute atomic E-state index is 0.0717. The van der Waals surface area contributed by atoms with Crippen LogP contribution in [0.3, 0.4) is 0 Å². The van der Waals surface area contributed by atoms with Gasteiger partial charge in [0.05, 0.1) is 11.6 Å². The summed E-state index contributed by atoms with van der Waals surface area (Å²) < 4.78 is 17.0. The molecule has 0 N–H and O–H groups in total. The molecular formula is C19H23NO3. The summed E-state index contributed by atoms with van der Waals surface area (Å²) in [6.07, 6.45) is 9.47. The van der Waals surface area contributed by atoms with Crippen LogP contribution in [0.15, 0.2) is 24.3 Å². The van der Waals surface area contributed by atoms with E-state index in [0.29, 0.717) is 12.7 Å². The molecule has 4 nitrogen and oxygen atoms in total. The van der Waals surface area contributed by atoms with Crippen LogP contribution < -0.4 is 9.47 Å². The normalized spacial score (nSPS) is 34.7. The minimum atomic E-state index is 0.0717. The predicted molar refractivity (Wildman–Crippen MR) is 86.8 cm³/mol. The van der Waals surface area contributed by atoms with Crippen LogP contribution in [0, 0.1) is 5.92 Å². The highest BCUT2D eigenvalue weighted by molar-refractivity contribution is 5.53. The van der Waals surface area contributed by atoms with Gasteiger partial charge in [-0.3, -0.25) is 4.90 Å². The first kappa shape index (κ1) is 13.9. The zero-order valence-corrected chi connectivity index (χ0v) is 13.6. The van der Waals surface area contributed by atoms with Gasteiger partial charge in [0.1, 0.15) is 0 Å². The van der Waals surface area contributed by atoms with Crippen LogP contribution in [0.25, 0.3) is 0 Å². The molecule has 1 saturated heterocycles. The quantitative estimate of drug-likeness (QED) is 0.746. The maximum Gasteiger partial charge on any atom is 0.231 e. The van der Waals surface area contributed by atoms with Gasteiger partial charge in [0.2, 0.25) is 6.79 Å². The highest BCUT2D eigenvalue weighted by atomic mass is 16.7. The van der Waals surface area contributed by atoms with Crippen molar-refractivity contribution in [2.45, 2.75) is 37.3 Å². The largest absolute Gasteiger partial charge is 0.454 e. The second-order valence-corrected chi connectivity index (χ2v) is 7.14. The van der Waals surface area contributed by atoms with Crippen molar-refractivity contribution in [2.75, 3.05) is 27.0 Å². The third-order valence-corrected chi connectivity index (χ3v) is 6.20. The second kappa shape index (κ2) is 4.99. The molecule has 0 radical (unpaired) electrons. The fourth-order valence-electron chi connectivity index (χ4n) is 5.14. The summed E-state index contributed by atoms with van der Waals surface area (Å²) in [7, 11) is 1.82. The average Bonchev–Trinajstić information content (AvgIpc) is 3.15. The number of rotatable bonds is 1.